The summed E-state index contributed by atoms with van der Waals surface area (Å²) in [7, 11) is 4.22. The van der Waals surface area contributed by atoms with Gasteiger partial charge in [-0.2, -0.15) is 0 Å². The molecule has 3 atom stereocenters. The number of amides is 2. The molecule has 2 rings (SSSR count). The number of hydrogen-bond acceptors (Lipinski definition) is 3. The summed E-state index contributed by atoms with van der Waals surface area (Å²) >= 11 is 0. The summed E-state index contributed by atoms with van der Waals surface area (Å²) in [6.07, 6.45) is 9.48. The van der Waals surface area contributed by atoms with Crippen molar-refractivity contribution in [1.82, 2.24) is 15.5 Å². The summed E-state index contributed by atoms with van der Waals surface area (Å²) in [5, 5.41) is 6.07. The molecule has 3 unspecified atom stereocenters. The quantitative estimate of drug-likeness (QED) is 0.738. The van der Waals surface area contributed by atoms with Crippen LogP contribution < -0.4 is 10.6 Å². The lowest BCUT2D eigenvalue weighted by Gasteiger charge is -2.22. The lowest BCUT2D eigenvalue weighted by atomic mass is 10.0. The van der Waals surface area contributed by atoms with E-state index in [1.165, 1.54) is 25.7 Å². The van der Waals surface area contributed by atoms with E-state index in [0.29, 0.717) is 18.2 Å². The number of hydrogen-bond donors (Lipinski definition) is 2. The first-order valence-electron chi connectivity index (χ1n) is 8.47. The minimum Gasteiger partial charge on any atom is -0.378 e. The molecule has 5 heteroatoms. The second kappa shape index (κ2) is 8.59. The van der Waals surface area contributed by atoms with Crippen LogP contribution in [0, 0.1) is 0 Å². The Hall–Kier alpha value is -0.810. The summed E-state index contributed by atoms with van der Waals surface area (Å²) in [6.45, 7) is 1.66. The van der Waals surface area contributed by atoms with Gasteiger partial charge in [-0.05, 0) is 65.5 Å². The highest BCUT2D eigenvalue weighted by atomic mass is 16.5. The van der Waals surface area contributed by atoms with Crippen molar-refractivity contribution in [3.8, 4) is 0 Å². The van der Waals surface area contributed by atoms with Crippen LogP contribution in [0.3, 0.4) is 0 Å². The van der Waals surface area contributed by atoms with Gasteiger partial charge in [0.1, 0.15) is 0 Å². The van der Waals surface area contributed by atoms with Gasteiger partial charge in [0.2, 0.25) is 0 Å². The minimum absolute atomic E-state index is 0.0102. The maximum Gasteiger partial charge on any atom is 0.315 e. The third kappa shape index (κ3) is 5.83. The second-order valence-electron chi connectivity index (χ2n) is 6.66. The normalized spacial score (nSPS) is 29.6. The highest BCUT2D eigenvalue weighted by Gasteiger charge is 2.26. The van der Waals surface area contributed by atoms with E-state index in [0.717, 1.165) is 38.8 Å². The van der Waals surface area contributed by atoms with Crippen molar-refractivity contribution in [2.45, 2.75) is 69.6 Å². The van der Waals surface area contributed by atoms with E-state index in [2.05, 4.69) is 29.6 Å². The lowest BCUT2D eigenvalue weighted by molar-refractivity contribution is 0.0103. The van der Waals surface area contributed by atoms with Gasteiger partial charge in [-0.25, -0.2) is 4.79 Å². The minimum atomic E-state index is -0.0102. The van der Waals surface area contributed by atoms with Crippen LogP contribution in [0.1, 0.15) is 51.4 Å². The monoisotopic (exact) mass is 297 g/mol. The molecule has 0 aromatic heterocycles. The predicted octanol–water partition coefficient (Wildman–Crippen LogP) is 2.12. The fraction of sp³-hybridized carbons (Fsp3) is 0.938. The topological polar surface area (TPSA) is 53.6 Å². The molecule has 122 valence electrons. The molecule has 1 aliphatic carbocycles. The van der Waals surface area contributed by atoms with Gasteiger partial charge in [0.25, 0.3) is 0 Å². The summed E-state index contributed by atoms with van der Waals surface area (Å²) < 4.78 is 5.69. The molecule has 2 fully saturated rings. The molecule has 5 nitrogen and oxygen atoms in total. The zero-order valence-electron chi connectivity index (χ0n) is 13.6. The van der Waals surface area contributed by atoms with Gasteiger partial charge in [-0.3, -0.25) is 0 Å². The summed E-state index contributed by atoms with van der Waals surface area (Å²) in [6, 6.07) is 0.932. The Kier molecular flexibility index (Phi) is 6.77. The molecule has 1 aliphatic heterocycles. The van der Waals surface area contributed by atoms with Gasteiger partial charge in [-0.15, -0.1) is 0 Å². The first kappa shape index (κ1) is 16.6. The van der Waals surface area contributed by atoms with Crippen LogP contribution in [-0.2, 0) is 4.74 Å². The van der Waals surface area contributed by atoms with Crippen molar-refractivity contribution >= 4 is 6.03 Å². The van der Waals surface area contributed by atoms with E-state index in [9.17, 15) is 4.79 Å². The highest BCUT2D eigenvalue weighted by Crippen LogP contribution is 2.22. The summed E-state index contributed by atoms with van der Waals surface area (Å²) in [5.41, 5.74) is 0. The van der Waals surface area contributed by atoms with Crippen molar-refractivity contribution in [2.75, 3.05) is 27.2 Å². The summed E-state index contributed by atoms with van der Waals surface area (Å²) in [5.74, 6) is 0. The maximum atomic E-state index is 11.9. The van der Waals surface area contributed by atoms with E-state index in [1.54, 1.807) is 0 Å². The first-order valence-corrected chi connectivity index (χ1v) is 8.47. The molecule has 1 saturated heterocycles. The zero-order valence-corrected chi connectivity index (χ0v) is 13.6. The number of carbonyl (C=O) groups is 1. The van der Waals surface area contributed by atoms with Crippen molar-refractivity contribution in [2.24, 2.45) is 0 Å². The van der Waals surface area contributed by atoms with Crippen LogP contribution >= 0.6 is 0 Å². The van der Waals surface area contributed by atoms with Gasteiger partial charge in [0.05, 0.1) is 6.10 Å². The molecular formula is C16H31N3O2. The third-order valence-electron chi connectivity index (χ3n) is 4.73. The molecule has 2 amide bonds. The molecule has 0 spiro atoms. The molecule has 1 saturated carbocycles. The molecule has 0 aromatic rings. The Morgan fingerprint density at radius 1 is 1.24 bits per heavy atom. The van der Waals surface area contributed by atoms with E-state index in [1.807, 2.05) is 0 Å². The average Bonchev–Trinajstić information content (AvgIpc) is 2.93. The third-order valence-corrected chi connectivity index (χ3v) is 4.73. The summed E-state index contributed by atoms with van der Waals surface area (Å²) in [4.78, 5) is 14.1. The van der Waals surface area contributed by atoms with Crippen molar-refractivity contribution in [3.63, 3.8) is 0 Å². The van der Waals surface area contributed by atoms with Gasteiger partial charge in [0, 0.05) is 25.2 Å². The smallest absolute Gasteiger partial charge is 0.315 e. The Labute approximate surface area is 128 Å². The van der Waals surface area contributed by atoms with E-state index in [4.69, 9.17) is 4.74 Å². The lowest BCUT2D eigenvalue weighted by Crippen LogP contribution is -2.42. The number of urea groups is 1. The zero-order chi connectivity index (χ0) is 15.1. The Bertz CT molecular complexity index is 317. The maximum absolute atomic E-state index is 11.9. The Morgan fingerprint density at radius 2 is 2.10 bits per heavy atom. The highest BCUT2D eigenvalue weighted by molar-refractivity contribution is 5.74. The van der Waals surface area contributed by atoms with E-state index >= 15 is 0 Å². The number of rotatable bonds is 6. The second-order valence-corrected chi connectivity index (χ2v) is 6.66. The molecule has 2 aliphatic rings. The average molecular weight is 297 g/mol. The van der Waals surface area contributed by atoms with Crippen LogP contribution in [0.15, 0.2) is 0 Å². The molecule has 0 bridgehead atoms. The standard InChI is InChI=1S/C16H31N3O2/c1-19(2)14-9-8-13(12-14)18-16(20)17-10-5-7-15-6-3-4-11-21-15/h13-15H,3-12H2,1-2H3,(H2,17,18,20). The van der Waals surface area contributed by atoms with Crippen LogP contribution in [0.5, 0.6) is 0 Å². The number of nitrogens with zero attached hydrogens (tertiary/aromatic N) is 1. The van der Waals surface area contributed by atoms with Crippen LogP contribution in [0.25, 0.3) is 0 Å². The molecule has 1 heterocycles. The van der Waals surface area contributed by atoms with E-state index in [-0.39, 0.29) is 6.03 Å². The number of carbonyl (C=O) groups excluding carboxylic acids is 1. The molecule has 0 radical (unpaired) electrons. The number of ether oxygens (including phenoxy) is 1. The molecule has 0 aromatic carbocycles. The van der Waals surface area contributed by atoms with Gasteiger partial charge >= 0.3 is 6.03 Å². The van der Waals surface area contributed by atoms with Gasteiger partial charge < -0.3 is 20.3 Å². The first-order chi connectivity index (χ1) is 10.1. The number of nitrogens with one attached hydrogen (secondary N) is 2. The van der Waals surface area contributed by atoms with Crippen molar-refractivity contribution < 1.29 is 9.53 Å². The molecule has 2 N–H and O–H groups in total. The van der Waals surface area contributed by atoms with Gasteiger partial charge in [-0.1, -0.05) is 0 Å². The molecular weight excluding hydrogens is 266 g/mol. The fourth-order valence-corrected chi connectivity index (χ4v) is 3.36. The predicted molar refractivity (Wildman–Crippen MR) is 84.5 cm³/mol. The molecule has 21 heavy (non-hydrogen) atoms. The van der Waals surface area contributed by atoms with Crippen molar-refractivity contribution in [1.29, 1.82) is 0 Å². The fourth-order valence-electron chi connectivity index (χ4n) is 3.36. The van der Waals surface area contributed by atoms with Crippen LogP contribution in [0.4, 0.5) is 4.79 Å². The van der Waals surface area contributed by atoms with Crippen LogP contribution in [0.2, 0.25) is 0 Å². The van der Waals surface area contributed by atoms with E-state index < -0.39 is 0 Å². The van der Waals surface area contributed by atoms with Crippen LogP contribution in [-0.4, -0.2) is 56.4 Å². The Morgan fingerprint density at radius 3 is 2.76 bits per heavy atom. The largest absolute Gasteiger partial charge is 0.378 e. The Balaban J connectivity index is 1.51. The van der Waals surface area contributed by atoms with Crippen molar-refractivity contribution in [3.05, 3.63) is 0 Å². The SMILES string of the molecule is CN(C)C1CCC(NC(=O)NCCCC2CCCCO2)C1. The van der Waals surface area contributed by atoms with Gasteiger partial charge in [0.15, 0.2) is 0 Å².